The molecule has 0 saturated heterocycles. The van der Waals surface area contributed by atoms with Crippen LogP contribution >= 0.6 is 0 Å². The van der Waals surface area contributed by atoms with E-state index >= 15 is 0 Å². The number of halogens is 4. The van der Waals surface area contributed by atoms with Crippen molar-refractivity contribution in [1.82, 2.24) is 0 Å². The first-order valence-corrected chi connectivity index (χ1v) is 4.00. The SMILES string of the molecule is CC(F)C(C)(F)OCCC(C)(F)F. The minimum Gasteiger partial charge on any atom is -0.344 e. The highest BCUT2D eigenvalue weighted by Crippen LogP contribution is 2.23. The third kappa shape index (κ3) is 5.85. The van der Waals surface area contributed by atoms with Crippen molar-refractivity contribution in [2.45, 2.75) is 45.1 Å². The number of rotatable bonds is 5. The Bertz CT molecular complexity index is 151. The first-order valence-electron chi connectivity index (χ1n) is 4.00. The fourth-order valence-electron chi connectivity index (χ4n) is 0.545. The first kappa shape index (κ1) is 12.7. The molecule has 0 aliphatic carbocycles. The van der Waals surface area contributed by atoms with Gasteiger partial charge in [0.05, 0.1) is 6.61 Å². The van der Waals surface area contributed by atoms with Crippen LogP contribution in [0.2, 0.25) is 0 Å². The Morgan fingerprint density at radius 2 is 1.69 bits per heavy atom. The molecule has 0 aliphatic heterocycles. The summed E-state index contributed by atoms with van der Waals surface area (Å²) in [6.45, 7) is 2.06. The quantitative estimate of drug-likeness (QED) is 0.622. The topological polar surface area (TPSA) is 9.23 Å². The zero-order chi connectivity index (χ0) is 10.7. The summed E-state index contributed by atoms with van der Waals surface area (Å²) in [5, 5.41) is 0. The van der Waals surface area contributed by atoms with Crippen LogP contribution in [0.5, 0.6) is 0 Å². The molecule has 0 saturated carbocycles. The average Bonchev–Trinajstić information content (AvgIpc) is 1.82. The highest BCUT2D eigenvalue weighted by molar-refractivity contribution is 4.69. The second kappa shape index (κ2) is 4.26. The van der Waals surface area contributed by atoms with Crippen molar-refractivity contribution in [3.8, 4) is 0 Å². The second-order valence-corrected chi connectivity index (χ2v) is 3.27. The van der Waals surface area contributed by atoms with Gasteiger partial charge in [-0.25, -0.2) is 17.6 Å². The first-order chi connectivity index (χ1) is 5.65. The van der Waals surface area contributed by atoms with Gasteiger partial charge in [0.15, 0.2) is 6.17 Å². The van der Waals surface area contributed by atoms with Crippen molar-refractivity contribution >= 4 is 0 Å². The summed E-state index contributed by atoms with van der Waals surface area (Å²) >= 11 is 0. The largest absolute Gasteiger partial charge is 0.344 e. The van der Waals surface area contributed by atoms with E-state index in [2.05, 4.69) is 4.74 Å². The van der Waals surface area contributed by atoms with Crippen LogP contribution in [0, 0.1) is 0 Å². The summed E-state index contributed by atoms with van der Waals surface area (Å²) in [4.78, 5) is 0. The van der Waals surface area contributed by atoms with E-state index in [-0.39, 0.29) is 0 Å². The van der Waals surface area contributed by atoms with E-state index in [9.17, 15) is 17.6 Å². The fourth-order valence-corrected chi connectivity index (χ4v) is 0.545. The van der Waals surface area contributed by atoms with E-state index in [1.54, 1.807) is 0 Å². The fraction of sp³-hybridized carbons (Fsp3) is 1.00. The van der Waals surface area contributed by atoms with Crippen LogP contribution in [0.25, 0.3) is 0 Å². The van der Waals surface area contributed by atoms with Gasteiger partial charge < -0.3 is 4.74 Å². The molecule has 0 heterocycles. The molecule has 5 heteroatoms. The lowest BCUT2D eigenvalue weighted by Gasteiger charge is -2.23. The second-order valence-electron chi connectivity index (χ2n) is 3.27. The van der Waals surface area contributed by atoms with Crippen LogP contribution in [0.3, 0.4) is 0 Å². The van der Waals surface area contributed by atoms with E-state index in [1.807, 2.05) is 0 Å². The molecule has 0 rings (SSSR count). The predicted molar refractivity (Wildman–Crippen MR) is 41.3 cm³/mol. The van der Waals surface area contributed by atoms with Crippen LogP contribution in [-0.4, -0.2) is 24.6 Å². The monoisotopic (exact) mass is 202 g/mol. The van der Waals surface area contributed by atoms with Crippen LogP contribution < -0.4 is 0 Å². The summed E-state index contributed by atoms with van der Waals surface area (Å²) in [7, 11) is 0. The standard InChI is InChI=1S/C8H14F4O/c1-6(9)8(3,12)13-5-4-7(2,10)11/h6H,4-5H2,1-3H3. The molecule has 0 aromatic rings. The Kier molecular flexibility index (Phi) is 4.16. The smallest absolute Gasteiger partial charge is 0.247 e. The molecule has 2 unspecified atom stereocenters. The van der Waals surface area contributed by atoms with E-state index in [0.717, 1.165) is 13.8 Å². The Balaban J connectivity index is 3.77. The average molecular weight is 202 g/mol. The molecule has 0 spiro atoms. The minimum absolute atomic E-state index is 0.495. The Labute approximate surface area is 75.1 Å². The molecule has 0 radical (unpaired) electrons. The van der Waals surface area contributed by atoms with Gasteiger partial charge in [0, 0.05) is 6.42 Å². The highest BCUT2D eigenvalue weighted by Gasteiger charge is 2.33. The molecule has 0 aromatic heterocycles. The van der Waals surface area contributed by atoms with Gasteiger partial charge in [-0.1, -0.05) is 0 Å². The van der Waals surface area contributed by atoms with Gasteiger partial charge in [0.2, 0.25) is 11.8 Å². The molecule has 80 valence electrons. The molecular formula is C8H14F4O. The maximum Gasteiger partial charge on any atom is 0.247 e. The highest BCUT2D eigenvalue weighted by atomic mass is 19.3. The molecule has 0 fully saturated rings. The maximum atomic E-state index is 12.9. The summed E-state index contributed by atoms with van der Waals surface area (Å²) in [5.74, 6) is -5.39. The van der Waals surface area contributed by atoms with Gasteiger partial charge in [0.25, 0.3) is 0 Å². The maximum absolute atomic E-state index is 12.9. The van der Waals surface area contributed by atoms with Crippen LogP contribution in [0.15, 0.2) is 0 Å². The Morgan fingerprint density at radius 3 is 2.00 bits per heavy atom. The summed E-state index contributed by atoms with van der Waals surface area (Å²) in [5.41, 5.74) is 0. The summed E-state index contributed by atoms with van der Waals surface area (Å²) < 4.78 is 54.1. The lowest BCUT2D eigenvalue weighted by Crippen LogP contribution is -2.33. The molecular weight excluding hydrogens is 188 g/mol. The Morgan fingerprint density at radius 1 is 1.23 bits per heavy atom. The van der Waals surface area contributed by atoms with E-state index in [1.165, 1.54) is 0 Å². The van der Waals surface area contributed by atoms with Gasteiger partial charge in [-0.05, 0) is 20.8 Å². The van der Waals surface area contributed by atoms with Crippen LogP contribution in [0.1, 0.15) is 27.2 Å². The van der Waals surface area contributed by atoms with Crippen LogP contribution in [0.4, 0.5) is 17.6 Å². The lowest BCUT2D eigenvalue weighted by atomic mass is 10.2. The predicted octanol–water partition coefficient (Wildman–Crippen LogP) is 3.09. The van der Waals surface area contributed by atoms with Crippen molar-refractivity contribution in [3.05, 3.63) is 0 Å². The number of ether oxygens (including phenoxy) is 1. The third-order valence-corrected chi connectivity index (χ3v) is 1.64. The molecule has 0 aliphatic rings. The van der Waals surface area contributed by atoms with E-state index in [0.29, 0.717) is 6.92 Å². The van der Waals surface area contributed by atoms with Gasteiger partial charge in [-0.3, -0.25) is 0 Å². The van der Waals surface area contributed by atoms with Crippen molar-refractivity contribution < 1.29 is 22.3 Å². The molecule has 0 bridgehead atoms. The molecule has 1 nitrogen and oxygen atoms in total. The normalized spacial score (nSPS) is 19.6. The van der Waals surface area contributed by atoms with E-state index in [4.69, 9.17) is 0 Å². The summed E-state index contributed by atoms with van der Waals surface area (Å²) in [6, 6.07) is 0. The van der Waals surface area contributed by atoms with Crippen molar-refractivity contribution in [2.75, 3.05) is 6.61 Å². The number of hydrogen-bond acceptors (Lipinski definition) is 1. The van der Waals surface area contributed by atoms with Crippen molar-refractivity contribution in [3.63, 3.8) is 0 Å². The molecule has 0 aromatic carbocycles. The summed E-state index contributed by atoms with van der Waals surface area (Å²) in [6.07, 6.45) is -2.45. The lowest BCUT2D eigenvalue weighted by molar-refractivity contribution is -0.179. The molecule has 2 atom stereocenters. The van der Waals surface area contributed by atoms with Gasteiger partial charge in [-0.2, -0.15) is 0 Å². The van der Waals surface area contributed by atoms with Gasteiger partial charge in [0.1, 0.15) is 0 Å². The van der Waals surface area contributed by atoms with Gasteiger partial charge >= 0.3 is 0 Å². The zero-order valence-corrected chi connectivity index (χ0v) is 7.91. The molecule has 0 N–H and O–H groups in total. The zero-order valence-electron chi connectivity index (χ0n) is 7.91. The van der Waals surface area contributed by atoms with Crippen molar-refractivity contribution in [1.29, 1.82) is 0 Å². The number of alkyl halides is 4. The van der Waals surface area contributed by atoms with E-state index < -0.39 is 31.0 Å². The minimum atomic E-state index is -2.91. The van der Waals surface area contributed by atoms with Gasteiger partial charge in [-0.15, -0.1) is 0 Å². The molecule has 0 amide bonds. The molecule has 13 heavy (non-hydrogen) atoms. The Hall–Kier alpha value is -0.320. The van der Waals surface area contributed by atoms with Crippen LogP contribution in [-0.2, 0) is 4.74 Å². The third-order valence-electron chi connectivity index (χ3n) is 1.64. The number of hydrogen-bond donors (Lipinski definition) is 0. The van der Waals surface area contributed by atoms with Crippen molar-refractivity contribution in [2.24, 2.45) is 0 Å².